The van der Waals surface area contributed by atoms with E-state index in [4.69, 9.17) is 9.47 Å². The van der Waals surface area contributed by atoms with Crippen molar-refractivity contribution >= 4 is 23.1 Å². The molecule has 5 rings (SSSR count). The second-order valence-corrected chi connectivity index (χ2v) is 7.63. The van der Waals surface area contributed by atoms with E-state index in [1.807, 2.05) is 25.1 Å². The second-order valence-electron chi connectivity index (χ2n) is 7.63. The SMILES string of the molecule is Cc1cccc(C2/C(=C(\O)c3ccc(F)cc3)C(=O)C(=O)N2c2ccc3c(c2)OCO3)c1. The summed E-state index contributed by atoms with van der Waals surface area (Å²) in [6, 6.07) is 16.6. The van der Waals surface area contributed by atoms with Gasteiger partial charge in [0, 0.05) is 17.3 Å². The van der Waals surface area contributed by atoms with E-state index < -0.39 is 23.5 Å². The zero-order chi connectivity index (χ0) is 22.4. The zero-order valence-electron chi connectivity index (χ0n) is 17.0. The van der Waals surface area contributed by atoms with Crippen molar-refractivity contribution < 1.29 is 28.6 Å². The van der Waals surface area contributed by atoms with Crippen molar-refractivity contribution in [3.05, 3.63) is 94.8 Å². The van der Waals surface area contributed by atoms with Crippen LogP contribution in [0.25, 0.3) is 5.76 Å². The van der Waals surface area contributed by atoms with Gasteiger partial charge in [0.1, 0.15) is 11.6 Å². The number of rotatable bonds is 3. The van der Waals surface area contributed by atoms with Gasteiger partial charge in [-0.1, -0.05) is 29.8 Å². The minimum atomic E-state index is -0.875. The Hall–Kier alpha value is -4.13. The Kier molecular flexibility index (Phi) is 4.66. The van der Waals surface area contributed by atoms with Crippen molar-refractivity contribution in [1.82, 2.24) is 0 Å². The fourth-order valence-corrected chi connectivity index (χ4v) is 4.05. The molecule has 1 unspecified atom stereocenters. The molecule has 1 saturated heterocycles. The molecule has 0 aromatic heterocycles. The third-order valence-corrected chi connectivity index (χ3v) is 5.55. The molecule has 6 nitrogen and oxygen atoms in total. The van der Waals surface area contributed by atoms with E-state index in [0.29, 0.717) is 22.7 Å². The molecule has 1 atom stereocenters. The largest absolute Gasteiger partial charge is 0.507 e. The van der Waals surface area contributed by atoms with Crippen LogP contribution in [0, 0.1) is 12.7 Å². The van der Waals surface area contributed by atoms with Crippen LogP contribution in [0.1, 0.15) is 22.7 Å². The first-order valence-corrected chi connectivity index (χ1v) is 9.97. The molecule has 1 N–H and O–H groups in total. The molecule has 7 heteroatoms. The summed E-state index contributed by atoms with van der Waals surface area (Å²) in [5.41, 5.74) is 2.20. The van der Waals surface area contributed by atoms with Crippen LogP contribution in [0.4, 0.5) is 10.1 Å². The fraction of sp³-hybridized carbons (Fsp3) is 0.120. The van der Waals surface area contributed by atoms with Gasteiger partial charge in [-0.15, -0.1) is 0 Å². The van der Waals surface area contributed by atoms with Crippen LogP contribution < -0.4 is 14.4 Å². The molecule has 0 radical (unpaired) electrons. The summed E-state index contributed by atoms with van der Waals surface area (Å²) in [4.78, 5) is 27.6. The third-order valence-electron chi connectivity index (χ3n) is 5.55. The highest BCUT2D eigenvalue weighted by Crippen LogP contribution is 2.44. The molecule has 3 aromatic carbocycles. The number of aliphatic hydroxyl groups is 1. The van der Waals surface area contributed by atoms with E-state index in [-0.39, 0.29) is 23.7 Å². The maximum Gasteiger partial charge on any atom is 0.300 e. The highest BCUT2D eigenvalue weighted by atomic mass is 19.1. The average Bonchev–Trinajstić information content (AvgIpc) is 3.36. The molecular weight excluding hydrogens is 413 g/mol. The minimum absolute atomic E-state index is 0.0649. The van der Waals surface area contributed by atoms with Gasteiger partial charge in [-0.3, -0.25) is 14.5 Å². The van der Waals surface area contributed by atoms with E-state index in [9.17, 15) is 19.1 Å². The van der Waals surface area contributed by atoms with Gasteiger partial charge < -0.3 is 14.6 Å². The maximum atomic E-state index is 13.4. The van der Waals surface area contributed by atoms with Crippen LogP contribution in [-0.2, 0) is 9.59 Å². The van der Waals surface area contributed by atoms with Crippen LogP contribution >= 0.6 is 0 Å². The van der Waals surface area contributed by atoms with Crippen molar-refractivity contribution in [3.63, 3.8) is 0 Å². The first-order valence-electron chi connectivity index (χ1n) is 9.97. The van der Waals surface area contributed by atoms with E-state index in [2.05, 4.69) is 0 Å². The number of benzene rings is 3. The third kappa shape index (κ3) is 3.19. The predicted molar refractivity (Wildman–Crippen MR) is 115 cm³/mol. The van der Waals surface area contributed by atoms with Gasteiger partial charge in [0.05, 0.1) is 11.6 Å². The number of ether oxygens (including phenoxy) is 2. The van der Waals surface area contributed by atoms with Gasteiger partial charge in [0.2, 0.25) is 6.79 Å². The number of hydrogen-bond acceptors (Lipinski definition) is 5. The van der Waals surface area contributed by atoms with Crippen LogP contribution in [0.2, 0.25) is 0 Å². The van der Waals surface area contributed by atoms with Crippen molar-refractivity contribution in [1.29, 1.82) is 0 Å². The van der Waals surface area contributed by atoms with Crippen LogP contribution in [-0.4, -0.2) is 23.6 Å². The average molecular weight is 431 g/mol. The summed E-state index contributed by atoms with van der Waals surface area (Å²) in [6.07, 6.45) is 0. The molecule has 0 bridgehead atoms. The summed E-state index contributed by atoms with van der Waals surface area (Å²) >= 11 is 0. The molecule has 3 aromatic rings. The number of carbonyl (C=O) groups is 2. The lowest BCUT2D eigenvalue weighted by atomic mass is 9.94. The predicted octanol–water partition coefficient (Wildman–Crippen LogP) is 4.49. The number of ketones is 1. The smallest absolute Gasteiger partial charge is 0.300 e. The minimum Gasteiger partial charge on any atom is -0.507 e. The lowest BCUT2D eigenvalue weighted by Gasteiger charge is -2.26. The highest BCUT2D eigenvalue weighted by molar-refractivity contribution is 6.51. The Morgan fingerprint density at radius 3 is 2.50 bits per heavy atom. The van der Waals surface area contributed by atoms with Gasteiger partial charge in [0.25, 0.3) is 11.7 Å². The number of nitrogens with zero attached hydrogens (tertiary/aromatic N) is 1. The molecule has 2 heterocycles. The Morgan fingerprint density at radius 2 is 1.75 bits per heavy atom. The first kappa shape index (κ1) is 19.8. The topological polar surface area (TPSA) is 76.1 Å². The van der Waals surface area contributed by atoms with Gasteiger partial charge >= 0.3 is 0 Å². The summed E-state index contributed by atoms with van der Waals surface area (Å²) in [5.74, 6) is -1.43. The molecule has 1 amide bonds. The Morgan fingerprint density at radius 1 is 1.00 bits per heavy atom. The second kappa shape index (κ2) is 7.53. The number of halogens is 1. The number of amides is 1. The van der Waals surface area contributed by atoms with Crippen molar-refractivity contribution in [2.75, 3.05) is 11.7 Å². The monoisotopic (exact) mass is 431 g/mol. The summed E-state index contributed by atoms with van der Waals surface area (Å²) in [5, 5.41) is 11.0. The number of anilines is 1. The van der Waals surface area contributed by atoms with Gasteiger partial charge in [0.15, 0.2) is 11.5 Å². The number of aryl methyl sites for hydroxylation is 1. The molecular formula is C25H18FNO5. The normalized spacial score (nSPS) is 18.9. The molecule has 160 valence electrons. The lowest BCUT2D eigenvalue weighted by Crippen LogP contribution is -2.29. The molecule has 1 fully saturated rings. The fourth-order valence-electron chi connectivity index (χ4n) is 4.05. The van der Waals surface area contributed by atoms with Gasteiger partial charge in [-0.05, 0) is 48.9 Å². The van der Waals surface area contributed by atoms with Crippen LogP contribution in [0.5, 0.6) is 11.5 Å². The lowest BCUT2D eigenvalue weighted by molar-refractivity contribution is -0.132. The van der Waals surface area contributed by atoms with E-state index >= 15 is 0 Å². The number of Topliss-reactive ketones (excluding diaryl/α,β-unsaturated/α-hetero) is 1. The molecule has 2 aliphatic heterocycles. The molecule has 0 spiro atoms. The van der Waals surface area contributed by atoms with Crippen LogP contribution in [0.15, 0.2) is 72.3 Å². The van der Waals surface area contributed by atoms with Gasteiger partial charge in [-0.25, -0.2) is 4.39 Å². The molecule has 2 aliphatic rings. The van der Waals surface area contributed by atoms with Gasteiger partial charge in [-0.2, -0.15) is 0 Å². The number of aliphatic hydroxyl groups excluding tert-OH is 1. The Labute approximate surface area is 183 Å². The molecule has 0 saturated carbocycles. The maximum absolute atomic E-state index is 13.4. The Bertz CT molecular complexity index is 1280. The number of fused-ring (bicyclic) bond motifs is 1. The first-order chi connectivity index (χ1) is 15.4. The summed E-state index contributed by atoms with van der Waals surface area (Å²) in [6.45, 7) is 1.97. The highest BCUT2D eigenvalue weighted by Gasteiger charge is 2.47. The molecule has 32 heavy (non-hydrogen) atoms. The van der Waals surface area contributed by atoms with Crippen molar-refractivity contribution in [2.24, 2.45) is 0 Å². The standard InChI is InChI=1S/C25H18FNO5/c1-14-3-2-4-16(11-14)22-21(23(28)15-5-7-17(26)8-6-15)24(29)25(30)27(22)18-9-10-19-20(12-18)32-13-31-19/h2-12,22,28H,13H2,1H3/b23-21+. The Balaban J connectivity index is 1.71. The van der Waals surface area contributed by atoms with Crippen LogP contribution in [0.3, 0.4) is 0 Å². The van der Waals surface area contributed by atoms with E-state index in [1.54, 1.807) is 24.3 Å². The number of hydrogen-bond donors (Lipinski definition) is 1. The van der Waals surface area contributed by atoms with Crippen molar-refractivity contribution in [2.45, 2.75) is 13.0 Å². The summed E-state index contributed by atoms with van der Waals surface area (Å²) < 4.78 is 24.2. The van der Waals surface area contributed by atoms with E-state index in [1.165, 1.54) is 29.2 Å². The quantitative estimate of drug-likeness (QED) is 0.376. The van der Waals surface area contributed by atoms with Crippen molar-refractivity contribution in [3.8, 4) is 11.5 Å². The van der Waals surface area contributed by atoms with E-state index in [0.717, 1.165) is 5.56 Å². The summed E-state index contributed by atoms with van der Waals surface area (Å²) in [7, 11) is 0. The molecule has 0 aliphatic carbocycles. The zero-order valence-corrected chi connectivity index (χ0v) is 17.0. The number of carbonyl (C=O) groups excluding carboxylic acids is 2.